The van der Waals surface area contributed by atoms with Gasteiger partial charge in [0.2, 0.25) is 5.91 Å². The highest BCUT2D eigenvalue weighted by Crippen LogP contribution is 2.34. The topological polar surface area (TPSA) is 67.4 Å². The number of rotatable bonds is 3. The first-order valence-electron chi connectivity index (χ1n) is 9.52. The fourth-order valence-corrected chi connectivity index (χ4v) is 3.36. The lowest BCUT2D eigenvalue weighted by atomic mass is 9.73. The average Bonchev–Trinajstić information content (AvgIpc) is 2.57. The van der Waals surface area contributed by atoms with Gasteiger partial charge in [-0.2, -0.15) is 0 Å². The van der Waals surface area contributed by atoms with Crippen LogP contribution >= 0.6 is 0 Å². The van der Waals surface area contributed by atoms with Gasteiger partial charge in [-0.25, -0.2) is 4.79 Å². The summed E-state index contributed by atoms with van der Waals surface area (Å²) in [5.41, 5.74) is -0.266. The lowest BCUT2D eigenvalue weighted by Crippen LogP contribution is -2.58. The molecule has 1 aromatic carbocycles. The molecule has 0 bridgehead atoms. The van der Waals surface area contributed by atoms with E-state index in [1.165, 1.54) is 0 Å². The Labute approximate surface area is 162 Å². The summed E-state index contributed by atoms with van der Waals surface area (Å²) < 4.78 is 5.38. The second-order valence-electron chi connectivity index (χ2n) is 8.23. The molecular weight excluding hydrogens is 340 g/mol. The summed E-state index contributed by atoms with van der Waals surface area (Å²) in [5, 5.41) is 5.84. The minimum Gasteiger partial charge on any atom is -0.444 e. The molecule has 0 spiro atoms. The molecule has 2 N–H and O–H groups in total. The average molecular weight is 370 g/mol. The van der Waals surface area contributed by atoms with E-state index in [2.05, 4.69) is 22.5 Å². The SMILES string of the molecule is CC(C)(C)OC(=O)N[C@@]1(C)CCCC[C@@H]1C(=O)NCC#Cc1ccccc1. The number of ether oxygens (including phenoxy) is 1. The van der Waals surface area contributed by atoms with Crippen LogP contribution in [0.2, 0.25) is 0 Å². The Bertz CT molecular complexity index is 713. The van der Waals surface area contributed by atoms with Crippen LogP contribution < -0.4 is 10.6 Å². The van der Waals surface area contributed by atoms with Crippen molar-refractivity contribution >= 4 is 12.0 Å². The number of amides is 2. The minimum atomic E-state index is -0.614. The quantitative estimate of drug-likeness (QED) is 0.799. The smallest absolute Gasteiger partial charge is 0.408 e. The van der Waals surface area contributed by atoms with E-state index in [0.29, 0.717) is 0 Å². The molecule has 1 aliphatic carbocycles. The largest absolute Gasteiger partial charge is 0.444 e. The Morgan fingerprint density at radius 1 is 1.22 bits per heavy atom. The fourth-order valence-electron chi connectivity index (χ4n) is 3.36. The van der Waals surface area contributed by atoms with E-state index in [0.717, 1.165) is 31.2 Å². The van der Waals surface area contributed by atoms with Crippen molar-refractivity contribution in [3.8, 4) is 11.8 Å². The van der Waals surface area contributed by atoms with Crippen molar-refractivity contribution in [2.75, 3.05) is 6.54 Å². The molecule has 27 heavy (non-hydrogen) atoms. The zero-order valence-corrected chi connectivity index (χ0v) is 16.7. The third-order valence-corrected chi connectivity index (χ3v) is 4.67. The van der Waals surface area contributed by atoms with Crippen LogP contribution in [-0.2, 0) is 9.53 Å². The molecule has 5 heteroatoms. The molecule has 146 valence electrons. The van der Waals surface area contributed by atoms with Gasteiger partial charge >= 0.3 is 6.09 Å². The van der Waals surface area contributed by atoms with Crippen molar-refractivity contribution in [1.29, 1.82) is 0 Å². The van der Waals surface area contributed by atoms with Crippen molar-refractivity contribution in [3.05, 3.63) is 35.9 Å². The standard InChI is InChI=1S/C22H30N2O3/c1-21(2,3)27-20(26)24-22(4)15-9-8-14-18(22)19(25)23-16-10-13-17-11-6-5-7-12-17/h5-7,11-12,18H,8-9,14-16H2,1-4H3,(H,23,25)(H,24,26)/t18-,22+/m1/s1. The van der Waals surface area contributed by atoms with Gasteiger partial charge in [-0.05, 0) is 52.7 Å². The van der Waals surface area contributed by atoms with Crippen LogP contribution in [-0.4, -0.2) is 29.7 Å². The third-order valence-electron chi connectivity index (χ3n) is 4.67. The molecule has 1 fully saturated rings. The molecule has 2 amide bonds. The summed E-state index contributed by atoms with van der Waals surface area (Å²) in [6, 6.07) is 9.65. The van der Waals surface area contributed by atoms with Crippen LogP contribution in [0, 0.1) is 17.8 Å². The van der Waals surface area contributed by atoms with Gasteiger partial charge in [-0.3, -0.25) is 4.79 Å². The van der Waals surface area contributed by atoms with E-state index in [4.69, 9.17) is 4.74 Å². The molecule has 2 atom stereocenters. The molecule has 0 aromatic heterocycles. The van der Waals surface area contributed by atoms with Gasteiger partial charge < -0.3 is 15.4 Å². The summed E-state index contributed by atoms with van der Waals surface area (Å²) >= 11 is 0. The predicted molar refractivity (Wildman–Crippen MR) is 106 cm³/mol. The summed E-state index contributed by atoms with van der Waals surface area (Å²) in [6.07, 6.45) is 2.96. The maximum atomic E-state index is 12.7. The van der Waals surface area contributed by atoms with Crippen LogP contribution in [0.3, 0.4) is 0 Å². The van der Waals surface area contributed by atoms with Gasteiger partial charge in [0.25, 0.3) is 0 Å². The zero-order chi connectivity index (χ0) is 19.9. The van der Waals surface area contributed by atoms with E-state index in [-0.39, 0.29) is 18.4 Å². The molecule has 0 radical (unpaired) electrons. The molecule has 1 aliphatic rings. The molecule has 0 aliphatic heterocycles. The van der Waals surface area contributed by atoms with Crippen LogP contribution in [0.4, 0.5) is 4.79 Å². The highest BCUT2D eigenvalue weighted by atomic mass is 16.6. The molecular formula is C22H30N2O3. The molecule has 0 heterocycles. The monoisotopic (exact) mass is 370 g/mol. The molecule has 1 aromatic rings. The Morgan fingerprint density at radius 3 is 2.59 bits per heavy atom. The van der Waals surface area contributed by atoms with E-state index in [1.54, 1.807) is 0 Å². The highest BCUT2D eigenvalue weighted by Gasteiger charge is 2.42. The summed E-state index contributed by atoms with van der Waals surface area (Å²) in [5.74, 6) is 5.64. The predicted octanol–water partition coefficient (Wildman–Crippen LogP) is 3.63. The van der Waals surface area contributed by atoms with E-state index in [9.17, 15) is 9.59 Å². The van der Waals surface area contributed by atoms with Crippen molar-refractivity contribution in [2.45, 2.75) is 64.5 Å². The zero-order valence-electron chi connectivity index (χ0n) is 16.7. The van der Waals surface area contributed by atoms with E-state index < -0.39 is 17.2 Å². The maximum Gasteiger partial charge on any atom is 0.408 e. The summed E-state index contributed by atoms with van der Waals surface area (Å²) in [7, 11) is 0. The normalized spacial score (nSPS) is 22.1. The number of carbonyl (C=O) groups excluding carboxylic acids is 2. The van der Waals surface area contributed by atoms with Crippen LogP contribution in [0.25, 0.3) is 0 Å². The van der Waals surface area contributed by atoms with Crippen LogP contribution in [0.15, 0.2) is 30.3 Å². The third kappa shape index (κ3) is 6.63. The van der Waals surface area contributed by atoms with Crippen LogP contribution in [0.5, 0.6) is 0 Å². The van der Waals surface area contributed by atoms with Crippen molar-refractivity contribution in [1.82, 2.24) is 10.6 Å². The van der Waals surface area contributed by atoms with E-state index >= 15 is 0 Å². The van der Waals surface area contributed by atoms with Crippen LogP contribution in [0.1, 0.15) is 58.9 Å². The van der Waals surface area contributed by atoms with Gasteiger partial charge in [-0.1, -0.05) is 42.9 Å². The minimum absolute atomic E-state index is 0.0735. The van der Waals surface area contributed by atoms with Crippen molar-refractivity contribution in [2.24, 2.45) is 5.92 Å². The van der Waals surface area contributed by atoms with Crippen molar-refractivity contribution < 1.29 is 14.3 Å². The molecule has 0 saturated heterocycles. The Balaban J connectivity index is 1.95. The van der Waals surface area contributed by atoms with Gasteiger partial charge in [0, 0.05) is 5.56 Å². The lowest BCUT2D eigenvalue weighted by molar-refractivity contribution is -0.128. The second kappa shape index (κ2) is 8.94. The fraction of sp³-hybridized carbons (Fsp3) is 0.545. The molecule has 5 nitrogen and oxygen atoms in total. The number of hydrogen-bond acceptors (Lipinski definition) is 3. The maximum absolute atomic E-state index is 12.7. The number of hydrogen-bond donors (Lipinski definition) is 2. The molecule has 0 unspecified atom stereocenters. The Kier molecular flexibility index (Phi) is 6.90. The lowest BCUT2D eigenvalue weighted by Gasteiger charge is -2.41. The summed E-state index contributed by atoms with van der Waals surface area (Å²) in [4.78, 5) is 25.0. The second-order valence-corrected chi connectivity index (χ2v) is 8.23. The first-order valence-corrected chi connectivity index (χ1v) is 9.52. The number of nitrogens with one attached hydrogen (secondary N) is 2. The first kappa shape index (κ1) is 20.8. The molecule has 2 rings (SSSR count). The summed E-state index contributed by atoms with van der Waals surface area (Å²) in [6.45, 7) is 7.69. The number of benzene rings is 1. The Morgan fingerprint density at radius 2 is 1.93 bits per heavy atom. The molecule has 1 saturated carbocycles. The first-order chi connectivity index (χ1) is 12.7. The highest BCUT2D eigenvalue weighted by molar-refractivity contribution is 5.81. The van der Waals surface area contributed by atoms with Gasteiger partial charge in [0.1, 0.15) is 5.60 Å². The van der Waals surface area contributed by atoms with Crippen molar-refractivity contribution in [3.63, 3.8) is 0 Å². The van der Waals surface area contributed by atoms with Gasteiger partial charge in [-0.15, -0.1) is 0 Å². The number of carbonyl (C=O) groups is 2. The number of alkyl carbamates (subject to hydrolysis) is 1. The van der Waals surface area contributed by atoms with Gasteiger partial charge in [0.05, 0.1) is 18.0 Å². The Hall–Kier alpha value is -2.48. The van der Waals surface area contributed by atoms with Gasteiger partial charge in [0.15, 0.2) is 0 Å². The van der Waals surface area contributed by atoms with E-state index in [1.807, 2.05) is 58.0 Å².